The fourth-order valence-corrected chi connectivity index (χ4v) is 3.59. The Balaban J connectivity index is 1.57. The third-order valence-electron chi connectivity index (χ3n) is 5.23. The third-order valence-corrected chi connectivity index (χ3v) is 5.23. The zero-order chi connectivity index (χ0) is 20.3. The molecule has 2 aliphatic heterocycles. The van der Waals surface area contributed by atoms with Crippen LogP contribution in [0.5, 0.6) is 6.01 Å². The van der Waals surface area contributed by atoms with E-state index in [1.54, 1.807) is 4.90 Å². The van der Waals surface area contributed by atoms with E-state index in [2.05, 4.69) is 26.8 Å². The molecule has 28 heavy (non-hydrogen) atoms. The highest BCUT2D eigenvalue weighted by molar-refractivity contribution is 5.68. The number of hydrogen-bond acceptors (Lipinski definition) is 7. The fourth-order valence-electron chi connectivity index (χ4n) is 3.59. The number of aryl methyl sites for hydroxylation is 1. The zero-order valence-electron chi connectivity index (χ0n) is 17.8. The highest BCUT2D eigenvalue weighted by atomic mass is 16.6. The number of ether oxygens (including phenoxy) is 2. The standard InChI is InChI=1S/C20H33N5O3/c1-15-13-21-18(27-14-16-7-6-8-23(16)5)22-17(15)24-9-11-25(12-10-24)19(26)28-20(2,3)4/h13,16H,6-12,14H2,1-5H3. The number of aromatic nitrogens is 2. The van der Waals surface area contributed by atoms with Gasteiger partial charge in [-0.15, -0.1) is 0 Å². The Morgan fingerprint density at radius 3 is 2.54 bits per heavy atom. The van der Waals surface area contributed by atoms with Gasteiger partial charge in [-0.05, 0) is 54.1 Å². The molecule has 156 valence electrons. The molecule has 2 saturated heterocycles. The summed E-state index contributed by atoms with van der Waals surface area (Å²) >= 11 is 0. The van der Waals surface area contributed by atoms with Gasteiger partial charge in [-0.3, -0.25) is 0 Å². The molecule has 8 nitrogen and oxygen atoms in total. The van der Waals surface area contributed by atoms with Crippen molar-refractivity contribution in [2.45, 2.75) is 52.2 Å². The van der Waals surface area contributed by atoms with Crippen molar-refractivity contribution in [2.24, 2.45) is 0 Å². The van der Waals surface area contributed by atoms with E-state index in [4.69, 9.17) is 9.47 Å². The average molecular weight is 392 g/mol. The van der Waals surface area contributed by atoms with Crippen molar-refractivity contribution in [2.75, 3.05) is 51.3 Å². The summed E-state index contributed by atoms with van der Waals surface area (Å²) < 4.78 is 11.4. The van der Waals surface area contributed by atoms with Gasteiger partial charge in [0.25, 0.3) is 0 Å². The number of piperazine rings is 1. The first-order valence-corrected chi connectivity index (χ1v) is 10.1. The largest absolute Gasteiger partial charge is 0.462 e. The van der Waals surface area contributed by atoms with Gasteiger partial charge in [-0.2, -0.15) is 4.98 Å². The van der Waals surface area contributed by atoms with Gasteiger partial charge < -0.3 is 24.2 Å². The molecule has 0 radical (unpaired) electrons. The van der Waals surface area contributed by atoms with E-state index in [-0.39, 0.29) is 6.09 Å². The lowest BCUT2D eigenvalue weighted by atomic mass is 10.2. The smallest absolute Gasteiger partial charge is 0.410 e. The van der Waals surface area contributed by atoms with Crippen LogP contribution in [0.1, 0.15) is 39.2 Å². The van der Waals surface area contributed by atoms with Gasteiger partial charge in [-0.1, -0.05) is 0 Å². The fraction of sp³-hybridized carbons (Fsp3) is 0.750. The lowest BCUT2D eigenvalue weighted by molar-refractivity contribution is 0.0240. The molecule has 0 spiro atoms. The van der Waals surface area contributed by atoms with Crippen molar-refractivity contribution in [1.82, 2.24) is 19.8 Å². The molecule has 1 unspecified atom stereocenters. The summed E-state index contributed by atoms with van der Waals surface area (Å²) in [4.78, 5) is 27.5. The summed E-state index contributed by atoms with van der Waals surface area (Å²) in [5.74, 6) is 0.883. The van der Waals surface area contributed by atoms with Crippen LogP contribution in [-0.2, 0) is 4.74 Å². The number of amides is 1. The van der Waals surface area contributed by atoms with Crippen LogP contribution >= 0.6 is 0 Å². The zero-order valence-corrected chi connectivity index (χ0v) is 17.8. The van der Waals surface area contributed by atoms with Crippen molar-refractivity contribution in [3.05, 3.63) is 11.8 Å². The van der Waals surface area contributed by atoms with Crippen LogP contribution in [0.3, 0.4) is 0 Å². The minimum atomic E-state index is -0.475. The molecule has 0 aliphatic carbocycles. The van der Waals surface area contributed by atoms with Crippen LogP contribution in [0.4, 0.5) is 10.6 Å². The van der Waals surface area contributed by atoms with E-state index in [1.807, 2.05) is 33.9 Å². The SMILES string of the molecule is Cc1cnc(OCC2CCCN2C)nc1N1CCN(C(=O)OC(C)(C)C)CC1. The molecule has 1 aromatic rings. The summed E-state index contributed by atoms with van der Waals surface area (Å²) in [7, 11) is 2.13. The maximum atomic E-state index is 12.3. The molecule has 0 saturated carbocycles. The van der Waals surface area contributed by atoms with Crippen LogP contribution in [0.25, 0.3) is 0 Å². The van der Waals surface area contributed by atoms with Crippen LogP contribution < -0.4 is 9.64 Å². The van der Waals surface area contributed by atoms with Gasteiger partial charge >= 0.3 is 12.1 Å². The molecule has 1 atom stereocenters. The molecule has 2 aliphatic rings. The summed E-state index contributed by atoms with van der Waals surface area (Å²) in [5.41, 5.74) is 0.535. The summed E-state index contributed by atoms with van der Waals surface area (Å²) in [5, 5.41) is 0. The Labute approximate surface area is 167 Å². The number of carbonyl (C=O) groups is 1. The van der Waals surface area contributed by atoms with Gasteiger partial charge in [0, 0.05) is 44.0 Å². The van der Waals surface area contributed by atoms with Crippen LogP contribution in [-0.4, -0.2) is 83.9 Å². The van der Waals surface area contributed by atoms with E-state index in [1.165, 1.54) is 6.42 Å². The quantitative estimate of drug-likeness (QED) is 0.780. The van der Waals surface area contributed by atoms with Crippen LogP contribution in [0, 0.1) is 6.92 Å². The minimum absolute atomic E-state index is 0.253. The Kier molecular flexibility index (Phi) is 6.27. The first-order chi connectivity index (χ1) is 13.2. The number of likely N-dealkylation sites (N-methyl/N-ethyl adjacent to an activating group) is 1. The van der Waals surface area contributed by atoms with Crippen molar-refractivity contribution in [3.63, 3.8) is 0 Å². The minimum Gasteiger partial charge on any atom is -0.462 e. The number of rotatable bonds is 4. The first-order valence-electron chi connectivity index (χ1n) is 10.1. The Morgan fingerprint density at radius 1 is 1.21 bits per heavy atom. The molecule has 1 amide bonds. The number of carbonyl (C=O) groups excluding carboxylic acids is 1. The van der Waals surface area contributed by atoms with Crippen molar-refractivity contribution >= 4 is 11.9 Å². The topological polar surface area (TPSA) is 71.0 Å². The summed E-state index contributed by atoms with van der Waals surface area (Å²) in [6.45, 7) is 12.0. The van der Waals surface area contributed by atoms with Crippen LogP contribution in [0.2, 0.25) is 0 Å². The molecule has 8 heteroatoms. The molecule has 1 aromatic heterocycles. The second kappa shape index (κ2) is 8.51. The predicted molar refractivity (Wildman–Crippen MR) is 108 cm³/mol. The molecule has 2 fully saturated rings. The lowest BCUT2D eigenvalue weighted by Crippen LogP contribution is -2.50. The van der Waals surface area contributed by atoms with Gasteiger partial charge in [0.05, 0.1) is 0 Å². The van der Waals surface area contributed by atoms with E-state index in [9.17, 15) is 4.79 Å². The highest BCUT2D eigenvalue weighted by Gasteiger charge is 2.27. The molecule has 0 bridgehead atoms. The van der Waals surface area contributed by atoms with Gasteiger partial charge in [0.2, 0.25) is 0 Å². The first kappa shape index (κ1) is 20.6. The maximum Gasteiger partial charge on any atom is 0.410 e. The molecule has 3 heterocycles. The number of anilines is 1. The van der Waals surface area contributed by atoms with Gasteiger partial charge in [0.15, 0.2) is 0 Å². The van der Waals surface area contributed by atoms with Crippen molar-refractivity contribution in [3.8, 4) is 6.01 Å². The Morgan fingerprint density at radius 2 is 1.93 bits per heavy atom. The summed E-state index contributed by atoms with van der Waals surface area (Å²) in [6, 6.07) is 0.862. The van der Waals surface area contributed by atoms with Gasteiger partial charge in [0.1, 0.15) is 18.0 Å². The molecular formula is C20H33N5O3. The Bertz CT molecular complexity index is 683. The normalized spacial score (nSPS) is 21.1. The molecule has 0 aromatic carbocycles. The average Bonchev–Trinajstić information content (AvgIpc) is 3.05. The predicted octanol–water partition coefficient (Wildman–Crippen LogP) is 2.32. The monoisotopic (exact) mass is 391 g/mol. The van der Waals surface area contributed by atoms with Gasteiger partial charge in [-0.25, -0.2) is 9.78 Å². The number of hydrogen-bond donors (Lipinski definition) is 0. The van der Waals surface area contributed by atoms with E-state index in [0.29, 0.717) is 44.8 Å². The summed E-state index contributed by atoms with van der Waals surface area (Å²) in [6.07, 6.45) is 3.93. The van der Waals surface area contributed by atoms with Crippen molar-refractivity contribution < 1.29 is 14.3 Å². The Hall–Kier alpha value is -2.09. The number of likely N-dealkylation sites (tertiary alicyclic amines) is 1. The molecule has 3 rings (SSSR count). The third kappa shape index (κ3) is 5.25. The molecular weight excluding hydrogens is 358 g/mol. The maximum absolute atomic E-state index is 12.3. The molecule has 0 N–H and O–H groups in total. The van der Waals surface area contributed by atoms with Crippen LogP contribution in [0.15, 0.2) is 6.20 Å². The van der Waals surface area contributed by atoms with E-state index < -0.39 is 5.60 Å². The number of nitrogens with zero attached hydrogens (tertiary/aromatic N) is 5. The second-order valence-corrected chi connectivity index (χ2v) is 8.70. The van der Waals surface area contributed by atoms with Crippen molar-refractivity contribution in [1.29, 1.82) is 0 Å². The van der Waals surface area contributed by atoms with E-state index >= 15 is 0 Å². The highest BCUT2D eigenvalue weighted by Crippen LogP contribution is 2.22. The van der Waals surface area contributed by atoms with E-state index in [0.717, 1.165) is 24.3 Å². The lowest BCUT2D eigenvalue weighted by Gasteiger charge is -2.36. The second-order valence-electron chi connectivity index (χ2n) is 8.70.